The molecule has 0 fully saturated rings. The number of nitrogens with zero attached hydrogens (tertiary/aromatic N) is 3. The summed E-state index contributed by atoms with van der Waals surface area (Å²) in [6.45, 7) is 0. The molecular weight excluding hydrogens is 289 g/mol. The van der Waals surface area contributed by atoms with Gasteiger partial charge in [0, 0.05) is 13.2 Å². The quantitative estimate of drug-likeness (QED) is 0.782. The van der Waals surface area contributed by atoms with Crippen molar-refractivity contribution in [3.8, 4) is 0 Å². The first kappa shape index (κ1) is 12.9. The van der Waals surface area contributed by atoms with Crippen LogP contribution in [0.2, 0.25) is 0 Å². The molecule has 0 unspecified atom stereocenters. The summed E-state index contributed by atoms with van der Waals surface area (Å²) in [7, 11) is 1.78. The van der Waals surface area contributed by atoms with Crippen LogP contribution in [-0.4, -0.2) is 14.8 Å². The fourth-order valence-corrected chi connectivity index (χ4v) is 2.63. The van der Waals surface area contributed by atoms with E-state index in [2.05, 4.69) is 15.4 Å². The van der Waals surface area contributed by atoms with Crippen molar-refractivity contribution < 1.29 is 13.2 Å². The number of nitrogens with one attached hydrogen (secondary N) is 1. The van der Waals surface area contributed by atoms with Crippen molar-refractivity contribution in [3.63, 3.8) is 0 Å². The molecule has 4 nitrogen and oxygen atoms in total. The topological polar surface area (TPSA) is 42.7 Å². The first-order chi connectivity index (χ1) is 9.41. The minimum Gasteiger partial charge on any atom is -0.329 e. The second-order valence-corrected chi connectivity index (χ2v) is 5.26. The van der Waals surface area contributed by atoms with Crippen LogP contribution in [0, 0.1) is 0 Å². The molecule has 0 atom stereocenters. The van der Waals surface area contributed by atoms with E-state index in [4.69, 9.17) is 0 Å². The molecule has 0 saturated carbocycles. The molecule has 104 valence electrons. The van der Waals surface area contributed by atoms with Crippen LogP contribution in [0.4, 0.5) is 24.0 Å². The Morgan fingerprint density at radius 3 is 2.75 bits per heavy atom. The zero-order valence-corrected chi connectivity index (χ0v) is 11.1. The summed E-state index contributed by atoms with van der Waals surface area (Å²) in [4.78, 5) is 4.16. The average molecular weight is 298 g/mol. The van der Waals surface area contributed by atoms with Gasteiger partial charge in [-0.15, -0.1) is 0 Å². The van der Waals surface area contributed by atoms with Gasteiger partial charge in [0.05, 0.1) is 27.7 Å². The van der Waals surface area contributed by atoms with Gasteiger partial charge >= 0.3 is 6.18 Å². The molecule has 8 heteroatoms. The average Bonchev–Trinajstić information content (AvgIpc) is 2.93. The van der Waals surface area contributed by atoms with Crippen LogP contribution in [0.15, 0.2) is 30.6 Å². The highest BCUT2D eigenvalue weighted by Gasteiger charge is 2.30. The fraction of sp³-hybridized carbons (Fsp3) is 0.167. The number of thiazole rings is 1. The van der Waals surface area contributed by atoms with Gasteiger partial charge in [-0.1, -0.05) is 11.3 Å². The van der Waals surface area contributed by atoms with E-state index in [1.807, 2.05) is 0 Å². The van der Waals surface area contributed by atoms with Gasteiger partial charge in [0.25, 0.3) is 0 Å². The highest BCUT2D eigenvalue weighted by Crippen LogP contribution is 2.34. The van der Waals surface area contributed by atoms with E-state index >= 15 is 0 Å². The lowest BCUT2D eigenvalue weighted by Gasteiger charge is -2.04. The Hall–Kier alpha value is -2.09. The maximum atomic E-state index is 12.6. The third-order valence-corrected chi connectivity index (χ3v) is 3.62. The zero-order valence-electron chi connectivity index (χ0n) is 10.3. The van der Waals surface area contributed by atoms with Crippen molar-refractivity contribution in [2.75, 3.05) is 5.32 Å². The molecule has 0 spiro atoms. The van der Waals surface area contributed by atoms with Crippen molar-refractivity contribution >= 4 is 32.4 Å². The summed E-state index contributed by atoms with van der Waals surface area (Å²) in [5.41, 5.74) is 0.377. The SMILES string of the molecule is Cn1cc(Nc2nc3cc(C(F)(F)F)ccc3s2)cn1. The van der Waals surface area contributed by atoms with Crippen molar-refractivity contribution in [1.82, 2.24) is 14.8 Å². The first-order valence-electron chi connectivity index (χ1n) is 5.65. The third kappa shape index (κ3) is 2.46. The number of rotatable bonds is 2. The van der Waals surface area contributed by atoms with Crippen molar-refractivity contribution in [3.05, 3.63) is 36.2 Å². The molecule has 1 N–H and O–H groups in total. The van der Waals surface area contributed by atoms with E-state index in [9.17, 15) is 13.2 Å². The number of benzene rings is 1. The van der Waals surface area contributed by atoms with Crippen LogP contribution < -0.4 is 5.32 Å². The fourth-order valence-electron chi connectivity index (χ4n) is 1.77. The molecular formula is C12H9F3N4S. The molecule has 0 radical (unpaired) electrons. The van der Waals surface area contributed by atoms with Gasteiger partial charge in [-0.2, -0.15) is 18.3 Å². The molecule has 20 heavy (non-hydrogen) atoms. The summed E-state index contributed by atoms with van der Waals surface area (Å²) < 4.78 is 40.2. The number of aryl methyl sites for hydroxylation is 1. The first-order valence-corrected chi connectivity index (χ1v) is 6.47. The van der Waals surface area contributed by atoms with Crippen molar-refractivity contribution in [1.29, 1.82) is 0 Å². The van der Waals surface area contributed by atoms with Crippen molar-refractivity contribution in [2.45, 2.75) is 6.18 Å². The maximum Gasteiger partial charge on any atom is 0.416 e. The second kappa shape index (κ2) is 4.48. The highest BCUT2D eigenvalue weighted by molar-refractivity contribution is 7.22. The molecule has 0 bridgehead atoms. The predicted octanol–water partition coefficient (Wildman–Crippen LogP) is 3.79. The molecule has 2 aromatic heterocycles. The Morgan fingerprint density at radius 1 is 1.30 bits per heavy atom. The van der Waals surface area contributed by atoms with Crippen LogP contribution in [0.25, 0.3) is 10.2 Å². The highest BCUT2D eigenvalue weighted by atomic mass is 32.1. The Bertz CT molecular complexity index is 759. The lowest BCUT2D eigenvalue weighted by Crippen LogP contribution is -2.03. The Kier molecular flexibility index (Phi) is 2.89. The molecule has 0 aliphatic rings. The number of halogens is 3. The Morgan fingerprint density at radius 2 is 2.10 bits per heavy atom. The molecule has 2 heterocycles. The van der Waals surface area contributed by atoms with Gasteiger partial charge < -0.3 is 5.32 Å². The minimum atomic E-state index is -4.35. The molecule has 0 amide bonds. The van der Waals surface area contributed by atoms with Gasteiger partial charge in [0.1, 0.15) is 0 Å². The van der Waals surface area contributed by atoms with E-state index in [0.29, 0.717) is 15.3 Å². The van der Waals surface area contributed by atoms with Crippen LogP contribution in [0.5, 0.6) is 0 Å². The third-order valence-electron chi connectivity index (χ3n) is 2.67. The molecule has 3 rings (SSSR count). The number of hydrogen-bond acceptors (Lipinski definition) is 4. The van der Waals surface area contributed by atoms with E-state index in [-0.39, 0.29) is 0 Å². The Balaban J connectivity index is 1.94. The predicted molar refractivity (Wildman–Crippen MR) is 71.1 cm³/mol. The van der Waals surface area contributed by atoms with E-state index in [1.165, 1.54) is 17.4 Å². The van der Waals surface area contributed by atoms with E-state index < -0.39 is 11.7 Å². The smallest absolute Gasteiger partial charge is 0.329 e. The molecule has 0 saturated heterocycles. The van der Waals surface area contributed by atoms with Gasteiger partial charge in [0.15, 0.2) is 5.13 Å². The van der Waals surface area contributed by atoms with Crippen LogP contribution in [0.3, 0.4) is 0 Å². The summed E-state index contributed by atoms with van der Waals surface area (Å²) in [5, 5.41) is 7.55. The van der Waals surface area contributed by atoms with Crippen molar-refractivity contribution in [2.24, 2.45) is 7.05 Å². The number of alkyl halides is 3. The molecule has 1 aromatic carbocycles. The zero-order chi connectivity index (χ0) is 14.3. The van der Waals surface area contributed by atoms with Crippen LogP contribution in [0.1, 0.15) is 5.56 Å². The lowest BCUT2D eigenvalue weighted by atomic mass is 10.2. The minimum absolute atomic E-state index is 0.330. The lowest BCUT2D eigenvalue weighted by molar-refractivity contribution is -0.137. The van der Waals surface area contributed by atoms with Gasteiger partial charge in [0.2, 0.25) is 0 Å². The molecule has 3 aromatic rings. The number of anilines is 2. The molecule has 0 aliphatic carbocycles. The summed E-state index contributed by atoms with van der Waals surface area (Å²) >= 11 is 1.29. The standard InChI is InChI=1S/C12H9F3N4S/c1-19-6-8(5-16-19)17-11-18-9-4-7(12(13,14)15)2-3-10(9)20-11/h2-6H,1H3,(H,17,18). The van der Waals surface area contributed by atoms with E-state index in [0.717, 1.165) is 17.8 Å². The summed E-state index contributed by atoms with van der Waals surface area (Å²) in [5.74, 6) is 0. The van der Waals surface area contributed by atoms with Gasteiger partial charge in [-0.3, -0.25) is 4.68 Å². The monoisotopic (exact) mass is 298 g/mol. The largest absolute Gasteiger partial charge is 0.416 e. The Labute approximate surface area is 115 Å². The number of aromatic nitrogens is 3. The molecule has 0 aliphatic heterocycles. The second-order valence-electron chi connectivity index (χ2n) is 4.23. The normalized spacial score (nSPS) is 12.0. The van der Waals surface area contributed by atoms with E-state index in [1.54, 1.807) is 24.1 Å². The van der Waals surface area contributed by atoms with Gasteiger partial charge in [-0.05, 0) is 18.2 Å². The summed E-state index contributed by atoms with van der Waals surface area (Å²) in [6, 6.07) is 3.55. The number of fused-ring (bicyclic) bond motifs is 1. The summed E-state index contributed by atoms with van der Waals surface area (Å²) in [6.07, 6.45) is -0.977. The maximum absolute atomic E-state index is 12.6. The van der Waals surface area contributed by atoms with Gasteiger partial charge in [-0.25, -0.2) is 4.98 Å². The van der Waals surface area contributed by atoms with Crippen LogP contribution in [-0.2, 0) is 13.2 Å². The number of hydrogen-bond donors (Lipinski definition) is 1. The van der Waals surface area contributed by atoms with Crippen LogP contribution >= 0.6 is 11.3 Å².